The molecule has 2 amide bonds. The Morgan fingerprint density at radius 2 is 2.20 bits per heavy atom. The lowest BCUT2D eigenvalue weighted by molar-refractivity contribution is -0.135. The Morgan fingerprint density at radius 3 is 2.90 bits per heavy atom. The molecule has 1 aromatic heterocycles. The first-order chi connectivity index (χ1) is 9.56. The van der Waals surface area contributed by atoms with E-state index in [0.717, 1.165) is 0 Å². The molecule has 0 bridgehead atoms. The monoisotopic (exact) mass is 273 g/mol. The van der Waals surface area contributed by atoms with Gasteiger partial charge in [-0.05, 0) is 24.6 Å². The summed E-state index contributed by atoms with van der Waals surface area (Å²) in [4.78, 5) is 38.0. The third-order valence-electron chi connectivity index (χ3n) is 3.37. The Labute approximate surface area is 113 Å². The molecular formula is C13H11N3O4. The summed E-state index contributed by atoms with van der Waals surface area (Å²) in [6, 6.07) is 4.05. The molecule has 1 saturated heterocycles. The fourth-order valence-electron chi connectivity index (χ4n) is 2.36. The number of amides is 2. The van der Waals surface area contributed by atoms with Gasteiger partial charge in [0.1, 0.15) is 6.04 Å². The molecule has 0 aliphatic carbocycles. The fraction of sp³-hybridized carbons (Fsp3) is 0.231. The maximum absolute atomic E-state index is 11.8. The summed E-state index contributed by atoms with van der Waals surface area (Å²) >= 11 is 0. The maximum Gasteiger partial charge on any atom is 0.335 e. The number of fused-ring (bicyclic) bond motifs is 1. The minimum absolute atomic E-state index is 0.144. The van der Waals surface area contributed by atoms with E-state index in [1.165, 1.54) is 18.5 Å². The van der Waals surface area contributed by atoms with Crippen molar-refractivity contribution in [1.29, 1.82) is 0 Å². The number of carboxylic acids is 1. The molecule has 0 radical (unpaired) electrons. The second-order valence-electron chi connectivity index (χ2n) is 4.63. The number of aromatic nitrogens is 2. The topological polar surface area (TPSA) is 101 Å². The molecule has 2 N–H and O–H groups in total. The molecule has 2 heterocycles. The minimum Gasteiger partial charge on any atom is -0.478 e. The zero-order valence-electron chi connectivity index (χ0n) is 10.4. The first-order valence-electron chi connectivity index (χ1n) is 6.10. The Morgan fingerprint density at radius 1 is 1.40 bits per heavy atom. The Balaban J connectivity index is 2.02. The summed E-state index contributed by atoms with van der Waals surface area (Å²) in [5.41, 5.74) is 1.32. The van der Waals surface area contributed by atoms with Gasteiger partial charge in [-0.25, -0.2) is 9.78 Å². The summed E-state index contributed by atoms with van der Waals surface area (Å²) in [7, 11) is 0. The van der Waals surface area contributed by atoms with Gasteiger partial charge in [-0.1, -0.05) is 0 Å². The molecule has 102 valence electrons. The molecule has 0 saturated carbocycles. The third kappa shape index (κ3) is 1.93. The van der Waals surface area contributed by atoms with Crippen molar-refractivity contribution < 1.29 is 19.5 Å². The van der Waals surface area contributed by atoms with Crippen LogP contribution in [0.3, 0.4) is 0 Å². The van der Waals surface area contributed by atoms with Crippen LogP contribution in [0, 0.1) is 0 Å². The summed E-state index contributed by atoms with van der Waals surface area (Å²) in [6.07, 6.45) is 2.19. The van der Waals surface area contributed by atoms with Crippen molar-refractivity contribution in [2.45, 2.75) is 18.9 Å². The lowest BCUT2D eigenvalue weighted by Crippen LogP contribution is -2.41. The van der Waals surface area contributed by atoms with Gasteiger partial charge >= 0.3 is 5.97 Å². The van der Waals surface area contributed by atoms with Gasteiger partial charge in [0, 0.05) is 6.42 Å². The van der Waals surface area contributed by atoms with Crippen LogP contribution in [0.15, 0.2) is 24.5 Å². The number of imidazole rings is 1. The molecule has 3 rings (SSSR count). The standard InChI is InChI=1S/C13H11N3O4/c17-11-4-3-10(12(18)15-11)16-6-14-8-5-7(13(19)20)1-2-9(8)16/h1-2,5-6,10H,3-4H2,(H,19,20)(H,15,17,18). The number of benzene rings is 1. The number of carboxylic acid groups (broad SMARTS) is 1. The lowest BCUT2D eigenvalue weighted by atomic mass is 10.1. The molecule has 7 nitrogen and oxygen atoms in total. The number of hydrogen-bond acceptors (Lipinski definition) is 4. The predicted molar refractivity (Wildman–Crippen MR) is 68.1 cm³/mol. The van der Waals surface area contributed by atoms with Gasteiger partial charge < -0.3 is 9.67 Å². The lowest BCUT2D eigenvalue weighted by Gasteiger charge is -2.22. The highest BCUT2D eigenvalue weighted by Gasteiger charge is 2.28. The van der Waals surface area contributed by atoms with Crippen molar-refractivity contribution >= 4 is 28.8 Å². The van der Waals surface area contributed by atoms with Crippen molar-refractivity contribution in [3.8, 4) is 0 Å². The van der Waals surface area contributed by atoms with Crippen LogP contribution in [0.5, 0.6) is 0 Å². The van der Waals surface area contributed by atoms with Gasteiger partial charge in [0.2, 0.25) is 11.8 Å². The first kappa shape index (κ1) is 12.3. The second-order valence-corrected chi connectivity index (χ2v) is 4.63. The molecule has 1 aromatic carbocycles. The summed E-state index contributed by atoms with van der Waals surface area (Å²) < 4.78 is 1.67. The number of imide groups is 1. The van der Waals surface area contributed by atoms with E-state index in [0.29, 0.717) is 17.5 Å². The van der Waals surface area contributed by atoms with E-state index in [4.69, 9.17) is 5.11 Å². The molecule has 2 aromatic rings. The highest BCUT2D eigenvalue weighted by Crippen LogP contribution is 2.24. The molecule has 1 aliphatic rings. The Hall–Kier alpha value is -2.70. The number of rotatable bonds is 2. The largest absolute Gasteiger partial charge is 0.478 e. The van der Waals surface area contributed by atoms with Crippen LogP contribution in [0.2, 0.25) is 0 Å². The zero-order valence-corrected chi connectivity index (χ0v) is 10.4. The van der Waals surface area contributed by atoms with E-state index >= 15 is 0 Å². The van der Waals surface area contributed by atoms with Gasteiger partial charge in [-0.3, -0.25) is 14.9 Å². The average molecular weight is 273 g/mol. The highest BCUT2D eigenvalue weighted by molar-refractivity contribution is 6.00. The predicted octanol–water partition coefficient (Wildman–Crippen LogP) is 0.712. The first-order valence-corrected chi connectivity index (χ1v) is 6.10. The van der Waals surface area contributed by atoms with Crippen molar-refractivity contribution in [3.63, 3.8) is 0 Å². The molecular weight excluding hydrogens is 262 g/mol. The molecule has 1 unspecified atom stereocenters. The van der Waals surface area contributed by atoms with E-state index in [9.17, 15) is 14.4 Å². The van der Waals surface area contributed by atoms with E-state index < -0.39 is 12.0 Å². The summed E-state index contributed by atoms with van der Waals surface area (Å²) in [5.74, 6) is -1.66. The fourth-order valence-corrected chi connectivity index (χ4v) is 2.36. The van der Waals surface area contributed by atoms with Crippen LogP contribution >= 0.6 is 0 Å². The van der Waals surface area contributed by atoms with Crippen molar-refractivity contribution in [2.75, 3.05) is 0 Å². The van der Waals surface area contributed by atoms with Gasteiger partial charge in [0.05, 0.1) is 22.9 Å². The number of nitrogens with one attached hydrogen (secondary N) is 1. The summed E-state index contributed by atoms with van der Waals surface area (Å²) in [5, 5.41) is 11.2. The van der Waals surface area contributed by atoms with Gasteiger partial charge in [0.25, 0.3) is 0 Å². The van der Waals surface area contributed by atoms with Crippen molar-refractivity contribution in [1.82, 2.24) is 14.9 Å². The smallest absolute Gasteiger partial charge is 0.335 e. The Bertz CT molecular complexity index is 734. The van der Waals surface area contributed by atoms with Crippen molar-refractivity contribution in [3.05, 3.63) is 30.1 Å². The van der Waals surface area contributed by atoms with Crippen LogP contribution in [0.25, 0.3) is 11.0 Å². The minimum atomic E-state index is -1.03. The van der Waals surface area contributed by atoms with E-state index in [1.54, 1.807) is 10.6 Å². The van der Waals surface area contributed by atoms with Crippen LogP contribution in [-0.4, -0.2) is 32.4 Å². The number of aromatic carboxylic acids is 1. The normalized spacial score (nSPS) is 19.1. The maximum atomic E-state index is 11.8. The zero-order chi connectivity index (χ0) is 14.3. The molecule has 20 heavy (non-hydrogen) atoms. The number of carbonyl (C=O) groups is 3. The number of hydrogen-bond donors (Lipinski definition) is 2. The van der Waals surface area contributed by atoms with Gasteiger partial charge in [-0.15, -0.1) is 0 Å². The van der Waals surface area contributed by atoms with E-state index in [2.05, 4.69) is 10.3 Å². The number of piperidine rings is 1. The highest BCUT2D eigenvalue weighted by atomic mass is 16.4. The van der Waals surface area contributed by atoms with E-state index in [1.807, 2.05) is 0 Å². The average Bonchev–Trinajstić information content (AvgIpc) is 2.81. The molecule has 0 spiro atoms. The van der Waals surface area contributed by atoms with Crippen LogP contribution in [-0.2, 0) is 9.59 Å². The SMILES string of the molecule is O=C1CCC(n2cnc3cc(C(=O)O)ccc32)C(=O)N1. The van der Waals surface area contributed by atoms with Crippen LogP contribution < -0.4 is 5.32 Å². The van der Waals surface area contributed by atoms with E-state index in [-0.39, 0.29) is 23.8 Å². The number of carbonyl (C=O) groups excluding carboxylic acids is 2. The third-order valence-corrected chi connectivity index (χ3v) is 3.37. The van der Waals surface area contributed by atoms with Gasteiger partial charge in [-0.2, -0.15) is 0 Å². The Kier molecular flexibility index (Phi) is 2.74. The summed E-state index contributed by atoms with van der Waals surface area (Å²) in [6.45, 7) is 0. The molecule has 1 fully saturated rings. The van der Waals surface area contributed by atoms with Crippen LogP contribution in [0.4, 0.5) is 0 Å². The quantitative estimate of drug-likeness (QED) is 0.785. The molecule has 1 aliphatic heterocycles. The number of nitrogens with zero attached hydrogens (tertiary/aromatic N) is 2. The molecule has 1 atom stereocenters. The van der Waals surface area contributed by atoms with Crippen LogP contribution in [0.1, 0.15) is 29.2 Å². The molecule has 7 heteroatoms. The second kappa shape index (κ2) is 4.44. The van der Waals surface area contributed by atoms with Crippen molar-refractivity contribution in [2.24, 2.45) is 0 Å². The van der Waals surface area contributed by atoms with Gasteiger partial charge in [0.15, 0.2) is 0 Å².